The molecule has 86 valence electrons. The van der Waals surface area contributed by atoms with Gasteiger partial charge in [0.15, 0.2) is 0 Å². The van der Waals surface area contributed by atoms with Crippen molar-refractivity contribution in [2.75, 3.05) is 19.6 Å². The molecule has 2 aliphatic heterocycles. The van der Waals surface area contributed by atoms with E-state index >= 15 is 0 Å². The Balaban J connectivity index is 1.93. The van der Waals surface area contributed by atoms with Gasteiger partial charge in [-0.2, -0.15) is 0 Å². The summed E-state index contributed by atoms with van der Waals surface area (Å²) < 4.78 is 1.51. The minimum absolute atomic E-state index is 0.613. The van der Waals surface area contributed by atoms with Crippen LogP contribution >= 0.6 is 0 Å². The molecule has 3 aliphatic rings. The summed E-state index contributed by atoms with van der Waals surface area (Å²) in [5.74, 6) is 0. The van der Waals surface area contributed by atoms with E-state index in [2.05, 4.69) is 20.8 Å². The van der Waals surface area contributed by atoms with Gasteiger partial charge in [0, 0.05) is 31.1 Å². The minimum atomic E-state index is 0.613. The molecule has 0 unspecified atom stereocenters. The third-order valence-corrected chi connectivity index (χ3v) is 5.35. The first-order valence-electron chi connectivity index (χ1n) is 6.79. The summed E-state index contributed by atoms with van der Waals surface area (Å²) in [4.78, 5) is 0. The van der Waals surface area contributed by atoms with Crippen molar-refractivity contribution in [3.05, 3.63) is 0 Å². The topological polar surface area (TPSA) is 0 Å². The predicted molar refractivity (Wildman–Crippen MR) is 63.6 cm³/mol. The predicted octanol–water partition coefficient (Wildman–Crippen LogP) is 3.20. The Morgan fingerprint density at radius 2 is 1.67 bits per heavy atom. The fourth-order valence-electron chi connectivity index (χ4n) is 5.46. The summed E-state index contributed by atoms with van der Waals surface area (Å²) in [5, 5.41) is 0. The molecule has 0 amide bonds. The number of nitrogens with zero attached hydrogens (tertiary/aromatic N) is 1. The summed E-state index contributed by atoms with van der Waals surface area (Å²) in [6.07, 6.45) is 7.47. The van der Waals surface area contributed by atoms with Crippen LogP contribution in [0.3, 0.4) is 0 Å². The summed E-state index contributed by atoms with van der Waals surface area (Å²) in [7, 11) is 0. The molecule has 0 radical (unpaired) electrons. The molecule has 2 saturated heterocycles. The molecular weight excluding hydrogens is 182 g/mol. The quantitative estimate of drug-likeness (QED) is 0.536. The molecule has 0 N–H and O–H groups in total. The summed E-state index contributed by atoms with van der Waals surface area (Å²) in [6, 6.07) is 1.02. The van der Waals surface area contributed by atoms with Crippen LogP contribution in [-0.4, -0.2) is 30.2 Å². The van der Waals surface area contributed by atoms with Crippen LogP contribution < -0.4 is 0 Å². The molecule has 1 spiro atoms. The lowest BCUT2D eigenvalue weighted by molar-refractivity contribution is -0.930. The van der Waals surface area contributed by atoms with Gasteiger partial charge < -0.3 is 4.48 Å². The fourth-order valence-corrected chi connectivity index (χ4v) is 5.46. The molecule has 2 bridgehead atoms. The van der Waals surface area contributed by atoms with E-state index in [-0.39, 0.29) is 0 Å². The van der Waals surface area contributed by atoms with Gasteiger partial charge in [-0.3, -0.25) is 0 Å². The first-order chi connectivity index (χ1) is 6.93. The van der Waals surface area contributed by atoms with Crippen molar-refractivity contribution in [2.24, 2.45) is 10.8 Å². The lowest BCUT2D eigenvalue weighted by Crippen LogP contribution is -2.49. The lowest BCUT2D eigenvalue weighted by atomic mass is 9.65. The first-order valence-corrected chi connectivity index (χ1v) is 6.79. The maximum atomic E-state index is 2.56. The zero-order valence-electron chi connectivity index (χ0n) is 10.7. The van der Waals surface area contributed by atoms with E-state index in [0.29, 0.717) is 10.8 Å². The second-order valence-electron chi connectivity index (χ2n) is 7.74. The largest absolute Gasteiger partial charge is 0.321 e. The van der Waals surface area contributed by atoms with Crippen molar-refractivity contribution < 1.29 is 4.48 Å². The average Bonchev–Trinajstić information content (AvgIpc) is 2.55. The van der Waals surface area contributed by atoms with Crippen LogP contribution in [-0.2, 0) is 0 Å². The van der Waals surface area contributed by atoms with Gasteiger partial charge >= 0.3 is 0 Å². The summed E-state index contributed by atoms with van der Waals surface area (Å²) in [5.41, 5.74) is 1.29. The van der Waals surface area contributed by atoms with Gasteiger partial charge in [-0.15, -0.1) is 0 Å². The number of fused-ring (bicyclic) bond motifs is 3. The Labute approximate surface area is 94.4 Å². The molecule has 1 heteroatoms. The fraction of sp³-hybridized carbons (Fsp3) is 1.00. The number of quaternary nitrogens is 1. The van der Waals surface area contributed by atoms with Gasteiger partial charge in [-0.25, -0.2) is 0 Å². The van der Waals surface area contributed by atoms with E-state index in [1.165, 1.54) is 56.2 Å². The van der Waals surface area contributed by atoms with Crippen molar-refractivity contribution in [1.29, 1.82) is 0 Å². The second kappa shape index (κ2) is 2.80. The zero-order valence-corrected chi connectivity index (χ0v) is 10.7. The van der Waals surface area contributed by atoms with E-state index in [1.807, 2.05) is 0 Å². The van der Waals surface area contributed by atoms with Crippen LogP contribution in [0.25, 0.3) is 0 Å². The molecule has 1 nitrogen and oxygen atoms in total. The smallest absolute Gasteiger partial charge is 0.0903 e. The molecule has 3 rings (SSSR count). The molecule has 0 aromatic carbocycles. The van der Waals surface area contributed by atoms with Crippen molar-refractivity contribution in [2.45, 2.75) is 58.9 Å². The Morgan fingerprint density at radius 3 is 2.33 bits per heavy atom. The molecule has 0 aromatic rings. The van der Waals surface area contributed by atoms with Gasteiger partial charge in [-0.1, -0.05) is 20.8 Å². The lowest BCUT2D eigenvalue weighted by Gasteiger charge is -2.40. The zero-order chi connectivity index (χ0) is 10.7. The third kappa shape index (κ3) is 1.46. The van der Waals surface area contributed by atoms with E-state index < -0.39 is 0 Å². The minimum Gasteiger partial charge on any atom is -0.321 e. The van der Waals surface area contributed by atoms with Gasteiger partial charge in [0.1, 0.15) is 0 Å². The molecule has 1 aliphatic carbocycles. The van der Waals surface area contributed by atoms with Crippen LogP contribution in [0.5, 0.6) is 0 Å². The monoisotopic (exact) mass is 208 g/mol. The van der Waals surface area contributed by atoms with E-state index in [4.69, 9.17) is 0 Å². The van der Waals surface area contributed by atoms with Crippen molar-refractivity contribution in [1.82, 2.24) is 0 Å². The Morgan fingerprint density at radius 1 is 1.00 bits per heavy atom. The van der Waals surface area contributed by atoms with Crippen LogP contribution in [0.2, 0.25) is 0 Å². The van der Waals surface area contributed by atoms with Crippen LogP contribution in [0.4, 0.5) is 0 Å². The second-order valence-corrected chi connectivity index (χ2v) is 7.74. The number of hydrogen-bond donors (Lipinski definition) is 0. The highest BCUT2D eigenvalue weighted by Gasteiger charge is 2.59. The molecule has 0 aromatic heterocycles. The van der Waals surface area contributed by atoms with Gasteiger partial charge in [0.2, 0.25) is 0 Å². The van der Waals surface area contributed by atoms with Gasteiger partial charge in [-0.05, 0) is 11.8 Å². The molecule has 1 saturated carbocycles. The first kappa shape index (κ1) is 10.1. The number of hydrogen-bond acceptors (Lipinski definition) is 0. The Kier molecular flexibility index (Phi) is 1.89. The molecule has 3 fully saturated rings. The Bertz CT molecular complexity index is 275. The van der Waals surface area contributed by atoms with Crippen LogP contribution in [0.15, 0.2) is 0 Å². The number of rotatable bonds is 0. The van der Waals surface area contributed by atoms with Crippen LogP contribution in [0.1, 0.15) is 52.9 Å². The maximum Gasteiger partial charge on any atom is 0.0903 e. The standard InChI is InChI=1S/C14H26N/c1-13(2)8-12-9-14(3,10-13)11-15(12)6-4-5-7-15/h12H,4-11H2,1-3H3/q+1/t12-,14-/m0/s1. The van der Waals surface area contributed by atoms with Gasteiger partial charge in [0.05, 0.1) is 25.7 Å². The highest BCUT2D eigenvalue weighted by Crippen LogP contribution is 2.56. The normalized spacial score (nSPS) is 46.2. The molecule has 2 heterocycles. The highest BCUT2D eigenvalue weighted by molar-refractivity contribution is 4.97. The molecule has 15 heavy (non-hydrogen) atoms. The Hall–Kier alpha value is -0.0400. The van der Waals surface area contributed by atoms with Crippen molar-refractivity contribution >= 4 is 0 Å². The average molecular weight is 208 g/mol. The van der Waals surface area contributed by atoms with Crippen molar-refractivity contribution in [3.63, 3.8) is 0 Å². The molecular formula is C14H26N+. The molecule has 2 atom stereocenters. The highest BCUT2D eigenvalue weighted by atomic mass is 15.4. The van der Waals surface area contributed by atoms with E-state index in [9.17, 15) is 0 Å². The SMILES string of the molecule is CC1(C)C[C@H]2C[C@@](C)(C1)C[N+]21CCCC1. The third-order valence-electron chi connectivity index (χ3n) is 5.35. The summed E-state index contributed by atoms with van der Waals surface area (Å²) >= 11 is 0. The van der Waals surface area contributed by atoms with E-state index in [0.717, 1.165) is 6.04 Å². The van der Waals surface area contributed by atoms with Crippen molar-refractivity contribution in [3.8, 4) is 0 Å². The van der Waals surface area contributed by atoms with Crippen LogP contribution in [0, 0.1) is 10.8 Å². The maximum absolute atomic E-state index is 2.56. The summed E-state index contributed by atoms with van der Waals surface area (Å²) in [6.45, 7) is 12.0. The van der Waals surface area contributed by atoms with E-state index in [1.54, 1.807) is 0 Å². The van der Waals surface area contributed by atoms with Gasteiger partial charge in [0.25, 0.3) is 0 Å².